The third-order valence-corrected chi connectivity index (χ3v) is 42.5. The highest BCUT2D eigenvalue weighted by Gasteiger charge is 2.57. The second-order valence-corrected chi connectivity index (χ2v) is 39.0. The number of rotatable bonds is 10. The Kier molecular flexibility index (Phi) is 8.63. The molecule has 0 aliphatic rings. The van der Waals surface area contributed by atoms with Gasteiger partial charge in [0.05, 0.1) is 0 Å². The van der Waals surface area contributed by atoms with Gasteiger partial charge >= 0.3 is 0 Å². The molecule has 0 aliphatic carbocycles. The maximum atomic E-state index is 2.75. The molecule has 0 amide bonds. The largest absolute Gasteiger partial charge is 0.0715 e. The van der Waals surface area contributed by atoms with E-state index in [-0.39, 0.29) is 0 Å². The zero-order valence-electron chi connectivity index (χ0n) is 17.8. The fourth-order valence-corrected chi connectivity index (χ4v) is 59.8. The lowest BCUT2D eigenvalue weighted by Crippen LogP contribution is -2.69. The first-order chi connectivity index (χ1) is 9.74. The molecule has 0 nitrogen and oxygen atoms in total. The molecule has 0 rings (SSSR count). The van der Waals surface area contributed by atoms with Gasteiger partial charge in [-0.2, -0.15) is 0 Å². The van der Waals surface area contributed by atoms with E-state index < -0.39 is 31.3 Å². The van der Waals surface area contributed by atoms with E-state index in [0.29, 0.717) is 0 Å². The minimum Gasteiger partial charge on any atom is -0.0715 e. The van der Waals surface area contributed by atoms with Crippen molar-refractivity contribution in [2.45, 2.75) is 115 Å². The SMILES string of the molecule is CCCC[Si](CCCC)(C([Si](C)(C)C)[Si](C)(C)C)[Si](C)(C)C. The van der Waals surface area contributed by atoms with Crippen LogP contribution in [0.4, 0.5) is 0 Å². The molecule has 0 radical (unpaired) electrons. The van der Waals surface area contributed by atoms with Crippen LogP contribution in [-0.2, 0) is 0 Å². The average Bonchev–Trinajstić information content (AvgIpc) is 2.27. The molecule has 0 aromatic rings. The summed E-state index contributed by atoms with van der Waals surface area (Å²) in [6.07, 6.45) is 5.81. The van der Waals surface area contributed by atoms with E-state index in [1.807, 2.05) is 0 Å². The highest BCUT2D eigenvalue weighted by atomic mass is 29.3. The summed E-state index contributed by atoms with van der Waals surface area (Å²) in [5, 5.41) is 0. The van der Waals surface area contributed by atoms with Crippen LogP contribution >= 0.6 is 0 Å². The third kappa shape index (κ3) is 5.74. The lowest BCUT2D eigenvalue weighted by Gasteiger charge is -2.57. The van der Waals surface area contributed by atoms with Crippen LogP contribution in [0.5, 0.6) is 0 Å². The molecular formula is C18H46Si4. The molecule has 0 aromatic carbocycles. The van der Waals surface area contributed by atoms with Crippen molar-refractivity contribution in [1.29, 1.82) is 0 Å². The van der Waals surface area contributed by atoms with Crippen LogP contribution in [0.25, 0.3) is 0 Å². The van der Waals surface area contributed by atoms with E-state index in [4.69, 9.17) is 0 Å². The second kappa shape index (κ2) is 8.30. The molecule has 4 heteroatoms. The van der Waals surface area contributed by atoms with Crippen LogP contribution in [0.15, 0.2) is 0 Å². The van der Waals surface area contributed by atoms with Gasteiger partial charge in [0.1, 0.15) is 0 Å². The zero-order valence-corrected chi connectivity index (χ0v) is 21.8. The van der Waals surface area contributed by atoms with Crippen molar-refractivity contribution in [2.24, 2.45) is 0 Å². The monoisotopic (exact) mass is 374 g/mol. The van der Waals surface area contributed by atoms with Gasteiger partial charge in [0.2, 0.25) is 0 Å². The number of unbranched alkanes of at least 4 members (excludes halogenated alkanes) is 2. The van der Waals surface area contributed by atoms with Crippen molar-refractivity contribution in [3.8, 4) is 0 Å². The van der Waals surface area contributed by atoms with Crippen LogP contribution in [0.1, 0.15) is 39.5 Å². The Hall–Kier alpha value is 0.868. The Morgan fingerprint density at radius 1 is 0.591 bits per heavy atom. The minimum absolute atomic E-state index is 1.09. The molecule has 0 fully saturated rings. The molecule has 22 heavy (non-hydrogen) atoms. The molecule has 0 aromatic heterocycles. The first-order valence-electron chi connectivity index (χ1n) is 9.74. The molecule has 0 atom stereocenters. The van der Waals surface area contributed by atoms with Gasteiger partial charge in [-0.3, -0.25) is 0 Å². The van der Waals surface area contributed by atoms with Crippen molar-refractivity contribution in [2.75, 3.05) is 0 Å². The van der Waals surface area contributed by atoms with E-state index >= 15 is 0 Å². The van der Waals surface area contributed by atoms with E-state index in [9.17, 15) is 0 Å². The Morgan fingerprint density at radius 3 is 1.09 bits per heavy atom. The number of hydrogen-bond donors (Lipinski definition) is 0. The Balaban J connectivity index is 6.15. The van der Waals surface area contributed by atoms with Gasteiger partial charge in [-0.15, -0.1) is 0 Å². The van der Waals surface area contributed by atoms with Crippen molar-refractivity contribution >= 4 is 31.3 Å². The molecule has 0 saturated heterocycles. The highest BCUT2D eigenvalue weighted by molar-refractivity contribution is 7.47. The van der Waals surface area contributed by atoms with Crippen LogP contribution in [0, 0.1) is 0 Å². The lowest BCUT2D eigenvalue weighted by molar-refractivity contribution is 0.830. The second-order valence-electron chi connectivity index (χ2n) is 10.8. The molecule has 0 unspecified atom stereocenters. The molecule has 0 spiro atoms. The fraction of sp³-hybridized carbons (Fsp3) is 1.00. The van der Waals surface area contributed by atoms with E-state index in [1.54, 1.807) is 12.1 Å². The van der Waals surface area contributed by atoms with Crippen LogP contribution < -0.4 is 0 Å². The van der Waals surface area contributed by atoms with Gasteiger partial charge in [-0.1, -0.05) is 115 Å². The summed E-state index contributed by atoms with van der Waals surface area (Å²) in [7, 11) is -4.48. The predicted octanol–water partition coefficient (Wildman–Crippen LogP) is 7.58. The minimum atomic E-state index is -1.18. The Labute approximate surface area is 146 Å². The molecule has 134 valence electrons. The van der Waals surface area contributed by atoms with E-state index in [2.05, 4.69) is 72.8 Å². The summed E-state index contributed by atoms with van der Waals surface area (Å²) in [5.74, 6) is 0. The molecule has 0 saturated carbocycles. The molecule has 0 heterocycles. The summed E-state index contributed by atoms with van der Waals surface area (Å²) >= 11 is 0. The maximum absolute atomic E-state index is 2.75. The maximum Gasteiger partial charge on any atom is 0.0450 e. The van der Waals surface area contributed by atoms with E-state index in [0.717, 1.165) is 0 Å². The Morgan fingerprint density at radius 2 is 0.909 bits per heavy atom. The van der Waals surface area contributed by atoms with Crippen molar-refractivity contribution in [3.63, 3.8) is 0 Å². The molecule has 0 bridgehead atoms. The summed E-state index contributed by atoms with van der Waals surface area (Å²) in [6, 6.07) is 3.30. The topological polar surface area (TPSA) is 0 Å². The normalized spacial score (nSPS) is 14.7. The predicted molar refractivity (Wildman–Crippen MR) is 119 cm³/mol. The van der Waals surface area contributed by atoms with Crippen molar-refractivity contribution in [1.82, 2.24) is 0 Å². The summed E-state index contributed by atoms with van der Waals surface area (Å²) in [4.78, 5) is 1.21. The molecule has 0 aliphatic heterocycles. The molecular weight excluding hydrogens is 329 g/mol. The van der Waals surface area contributed by atoms with Crippen LogP contribution in [0.3, 0.4) is 0 Å². The smallest absolute Gasteiger partial charge is 0.0450 e. The standard InChI is InChI=1S/C18H46Si4/c1-12-14-16-22(17-15-13-2,21(9,10)11)18(19(3,4)5)20(6,7)8/h18H,12-17H2,1-11H3. The third-order valence-electron chi connectivity index (χ3n) is 5.73. The first kappa shape index (κ1) is 22.9. The highest BCUT2D eigenvalue weighted by Crippen LogP contribution is 2.49. The van der Waals surface area contributed by atoms with Gasteiger partial charge in [0.15, 0.2) is 0 Å². The van der Waals surface area contributed by atoms with Crippen molar-refractivity contribution in [3.05, 3.63) is 0 Å². The zero-order chi connectivity index (χ0) is 17.8. The van der Waals surface area contributed by atoms with Crippen molar-refractivity contribution < 1.29 is 0 Å². The Bertz CT molecular complexity index is 295. The van der Waals surface area contributed by atoms with Gasteiger partial charge < -0.3 is 0 Å². The summed E-state index contributed by atoms with van der Waals surface area (Å²) < 4.78 is 0. The van der Waals surface area contributed by atoms with Gasteiger partial charge in [0.25, 0.3) is 0 Å². The van der Waals surface area contributed by atoms with Gasteiger partial charge in [0, 0.05) is 31.3 Å². The lowest BCUT2D eigenvalue weighted by atomic mass is 10.4. The first-order valence-corrected chi connectivity index (χ1v) is 23.9. The van der Waals surface area contributed by atoms with Crippen LogP contribution in [-0.4, -0.2) is 31.3 Å². The van der Waals surface area contributed by atoms with Gasteiger partial charge in [-0.25, -0.2) is 0 Å². The van der Waals surface area contributed by atoms with E-state index in [1.165, 1.54) is 30.5 Å². The number of hydrogen-bond acceptors (Lipinski definition) is 0. The fourth-order valence-electron chi connectivity index (χ4n) is 5.54. The quantitative estimate of drug-likeness (QED) is 0.346. The average molecular weight is 375 g/mol. The summed E-state index contributed by atoms with van der Waals surface area (Å²) in [6.45, 7) is 29.3. The summed E-state index contributed by atoms with van der Waals surface area (Å²) in [5.41, 5.74) is 0. The van der Waals surface area contributed by atoms with Crippen LogP contribution in [0.2, 0.25) is 75.8 Å². The van der Waals surface area contributed by atoms with Gasteiger partial charge in [-0.05, 0) is 0 Å². The molecule has 0 N–H and O–H groups in total.